The molecule has 1 N–H and O–H groups in total. The Labute approximate surface area is 159 Å². The number of urea groups is 1. The molecule has 8 heteroatoms. The van der Waals surface area contributed by atoms with E-state index in [9.17, 15) is 14.4 Å². The first-order valence-electron chi connectivity index (χ1n) is 9.28. The fourth-order valence-corrected chi connectivity index (χ4v) is 3.93. The second kappa shape index (κ2) is 7.54. The summed E-state index contributed by atoms with van der Waals surface area (Å²) in [7, 11) is 1.77. The predicted molar refractivity (Wildman–Crippen MR) is 100 cm³/mol. The third kappa shape index (κ3) is 4.20. The molecule has 0 radical (unpaired) electrons. The zero-order valence-corrected chi connectivity index (χ0v) is 16.1. The van der Waals surface area contributed by atoms with Crippen molar-refractivity contribution in [2.45, 2.75) is 26.3 Å². The van der Waals surface area contributed by atoms with Gasteiger partial charge in [0.25, 0.3) is 5.91 Å². The zero-order chi connectivity index (χ0) is 19.6. The van der Waals surface area contributed by atoms with Crippen LogP contribution in [0.1, 0.15) is 30.6 Å². The van der Waals surface area contributed by atoms with E-state index in [-0.39, 0.29) is 23.9 Å². The molecule has 1 aromatic heterocycles. The van der Waals surface area contributed by atoms with Gasteiger partial charge in [0.1, 0.15) is 0 Å². The molecule has 2 saturated heterocycles. The zero-order valence-electron chi connectivity index (χ0n) is 16.1. The normalized spacial score (nSPS) is 23.1. The second-order valence-corrected chi connectivity index (χ2v) is 7.92. The number of carbonyl (C=O) groups is 3. The summed E-state index contributed by atoms with van der Waals surface area (Å²) in [5.74, 6) is -0.0644. The monoisotopic (exact) mass is 373 g/mol. The van der Waals surface area contributed by atoms with Crippen LogP contribution in [0.3, 0.4) is 0 Å². The molecule has 1 atom stereocenters. The highest BCUT2D eigenvalue weighted by Crippen LogP contribution is 2.34. The first kappa shape index (κ1) is 19.1. The molecule has 2 fully saturated rings. The SMILES string of the molecule is CC(C)NC(=O)N1CCN(C(=O)c2cccnc2)CC2(CC(=O)N(C)C2)C1. The van der Waals surface area contributed by atoms with Gasteiger partial charge in [-0.2, -0.15) is 0 Å². The number of pyridine rings is 1. The summed E-state index contributed by atoms with van der Waals surface area (Å²) in [5, 5.41) is 2.92. The summed E-state index contributed by atoms with van der Waals surface area (Å²) in [4.78, 5) is 47.1. The average Bonchev–Trinajstić information content (AvgIpc) is 2.79. The maximum Gasteiger partial charge on any atom is 0.317 e. The van der Waals surface area contributed by atoms with Crippen molar-refractivity contribution in [3.05, 3.63) is 30.1 Å². The number of amides is 4. The summed E-state index contributed by atoms with van der Waals surface area (Å²) in [5.41, 5.74) is 0.0690. The Kier molecular flexibility index (Phi) is 5.34. The van der Waals surface area contributed by atoms with Gasteiger partial charge in [-0.3, -0.25) is 14.6 Å². The van der Waals surface area contributed by atoms with Gasteiger partial charge in [-0.25, -0.2) is 4.79 Å². The van der Waals surface area contributed by atoms with Crippen molar-refractivity contribution < 1.29 is 14.4 Å². The Hall–Kier alpha value is -2.64. The van der Waals surface area contributed by atoms with E-state index in [0.717, 1.165) is 0 Å². The fourth-order valence-electron chi connectivity index (χ4n) is 3.93. The highest BCUT2D eigenvalue weighted by atomic mass is 16.2. The van der Waals surface area contributed by atoms with Crippen molar-refractivity contribution in [1.29, 1.82) is 0 Å². The van der Waals surface area contributed by atoms with Gasteiger partial charge in [-0.05, 0) is 26.0 Å². The molecule has 3 heterocycles. The Morgan fingerprint density at radius 2 is 1.89 bits per heavy atom. The van der Waals surface area contributed by atoms with Crippen LogP contribution in [0.4, 0.5) is 4.79 Å². The maximum absolute atomic E-state index is 13.0. The number of aromatic nitrogens is 1. The van der Waals surface area contributed by atoms with E-state index in [2.05, 4.69) is 10.3 Å². The van der Waals surface area contributed by atoms with E-state index in [1.165, 1.54) is 0 Å². The van der Waals surface area contributed by atoms with Gasteiger partial charge in [0.2, 0.25) is 5.91 Å². The number of hydrogen-bond acceptors (Lipinski definition) is 4. The lowest BCUT2D eigenvalue weighted by Gasteiger charge is -2.33. The van der Waals surface area contributed by atoms with E-state index in [1.807, 2.05) is 13.8 Å². The third-order valence-electron chi connectivity index (χ3n) is 5.11. The van der Waals surface area contributed by atoms with E-state index in [4.69, 9.17) is 0 Å². The lowest BCUT2D eigenvalue weighted by molar-refractivity contribution is -0.126. The van der Waals surface area contributed by atoms with Crippen LogP contribution in [-0.2, 0) is 4.79 Å². The van der Waals surface area contributed by atoms with Crippen molar-refractivity contribution in [1.82, 2.24) is 25.0 Å². The second-order valence-electron chi connectivity index (χ2n) is 7.92. The van der Waals surface area contributed by atoms with Crippen LogP contribution in [-0.4, -0.2) is 83.3 Å². The molecule has 0 aliphatic carbocycles. The molecule has 1 aromatic rings. The quantitative estimate of drug-likeness (QED) is 0.831. The van der Waals surface area contributed by atoms with Crippen molar-refractivity contribution >= 4 is 17.8 Å². The molecule has 8 nitrogen and oxygen atoms in total. The molecule has 1 unspecified atom stereocenters. The first-order valence-corrected chi connectivity index (χ1v) is 9.28. The minimum absolute atomic E-state index is 0.0257. The summed E-state index contributed by atoms with van der Waals surface area (Å²) in [6.45, 7) is 6.13. The van der Waals surface area contributed by atoms with Gasteiger partial charge in [0.05, 0.1) is 5.56 Å². The molecule has 0 bridgehead atoms. The van der Waals surface area contributed by atoms with Crippen LogP contribution in [0, 0.1) is 5.41 Å². The number of carbonyl (C=O) groups excluding carboxylic acids is 3. The standard InChI is InChI=1S/C19H27N5O3/c1-14(2)21-18(27)24-8-7-23(17(26)15-5-4-6-20-10-15)12-19(13-24)9-16(25)22(3)11-19/h4-6,10,14H,7-9,11-13H2,1-3H3,(H,21,27). The van der Waals surface area contributed by atoms with E-state index in [0.29, 0.717) is 44.7 Å². The third-order valence-corrected chi connectivity index (χ3v) is 5.11. The van der Waals surface area contributed by atoms with Gasteiger partial charge in [0.15, 0.2) is 0 Å². The van der Waals surface area contributed by atoms with Crippen LogP contribution in [0.2, 0.25) is 0 Å². The minimum Gasteiger partial charge on any atom is -0.345 e. The molecule has 4 amide bonds. The lowest BCUT2D eigenvalue weighted by atomic mass is 9.86. The molecule has 2 aliphatic heterocycles. The molecule has 1 spiro atoms. The highest BCUT2D eigenvalue weighted by molar-refractivity contribution is 5.94. The molecular weight excluding hydrogens is 346 g/mol. The minimum atomic E-state index is -0.450. The van der Waals surface area contributed by atoms with Crippen molar-refractivity contribution in [2.75, 3.05) is 39.8 Å². The summed E-state index contributed by atoms with van der Waals surface area (Å²) in [6.07, 6.45) is 3.52. The summed E-state index contributed by atoms with van der Waals surface area (Å²) in [6, 6.07) is 3.35. The number of rotatable bonds is 2. The largest absolute Gasteiger partial charge is 0.345 e. The average molecular weight is 373 g/mol. The van der Waals surface area contributed by atoms with Crippen LogP contribution >= 0.6 is 0 Å². The van der Waals surface area contributed by atoms with Gasteiger partial charge in [0, 0.05) is 70.0 Å². The van der Waals surface area contributed by atoms with Crippen LogP contribution in [0.15, 0.2) is 24.5 Å². The molecule has 0 saturated carbocycles. The Morgan fingerprint density at radius 1 is 1.19 bits per heavy atom. The van der Waals surface area contributed by atoms with Crippen molar-refractivity contribution in [3.8, 4) is 0 Å². The Balaban J connectivity index is 1.85. The maximum atomic E-state index is 13.0. The molecule has 2 aliphatic rings. The van der Waals surface area contributed by atoms with E-state index in [1.54, 1.807) is 46.3 Å². The molecular formula is C19H27N5O3. The topological polar surface area (TPSA) is 85.9 Å². The lowest BCUT2D eigenvalue weighted by Crippen LogP contribution is -2.49. The number of likely N-dealkylation sites (tertiary alicyclic amines) is 1. The van der Waals surface area contributed by atoms with Gasteiger partial charge >= 0.3 is 6.03 Å². The number of nitrogens with one attached hydrogen (secondary N) is 1. The highest BCUT2D eigenvalue weighted by Gasteiger charge is 2.47. The molecule has 0 aromatic carbocycles. The number of nitrogens with zero attached hydrogens (tertiary/aromatic N) is 4. The van der Waals surface area contributed by atoms with Crippen molar-refractivity contribution in [3.63, 3.8) is 0 Å². The smallest absolute Gasteiger partial charge is 0.317 e. The van der Waals surface area contributed by atoms with E-state index < -0.39 is 5.41 Å². The summed E-state index contributed by atoms with van der Waals surface area (Å²) < 4.78 is 0. The molecule has 27 heavy (non-hydrogen) atoms. The Morgan fingerprint density at radius 3 is 2.48 bits per heavy atom. The summed E-state index contributed by atoms with van der Waals surface area (Å²) >= 11 is 0. The fraction of sp³-hybridized carbons (Fsp3) is 0.579. The molecule has 3 rings (SSSR count). The predicted octanol–water partition coefficient (Wildman–Crippen LogP) is 0.806. The van der Waals surface area contributed by atoms with Crippen LogP contribution < -0.4 is 5.32 Å². The van der Waals surface area contributed by atoms with E-state index >= 15 is 0 Å². The van der Waals surface area contributed by atoms with Crippen molar-refractivity contribution in [2.24, 2.45) is 5.41 Å². The molecule has 146 valence electrons. The van der Waals surface area contributed by atoms with Crippen LogP contribution in [0.5, 0.6) is 0 Å². The number of hydrogen-bond donors (Lipinski definition) is 1. The van der Waals surface area contributed by atoms with Gasteiger partial charge in [-0.1, -0.05) is 0 Å². The first-order chi connectivity index (χ1) is 12.8. The van der Waals surface area contributed by atoms with Crippen LogP contribution in [0.25, 0.3) is 0 Å². The van der Waals surface area contributed by atoms with Gasteiger partial charge in [-0.15, -0.1) is 0 Å². The Bertz CT molecular complexity index is 723. The van der Waals surface area contributed by atoms with Gasteiger partial charge < -0.3 is 20.0 Å².